The van der Waals surface area contributed by atoms with Crippen LogP contribution in [-0.2, 0) is 17.7 Å². The molecule has 2 amide bonds. The van der Waals surface area contributed by atoms with Gasteiger partial charge in [-0.3, -0.25) is 4.99 Å². The van der Waals surface area contributed by atoms with Crippen molar-refractivity contribution in [1.82, 2.24) is 4.90 Å². The van der Waals surface area contributed by atoms with Crippen LogP contribution >= 0.6 is 11.3 Å². The molecule has 7 heteroatoms. The van der Waals surface area contributed by atoms with E-state index in [0.29, 0.717) is 12.4 Å². The molecule has 1 aromatic carbocycles. The van der Waals surface area contributed by atoms with Crippen LogP contribution in [0.4, 0.5) is 10.5 Å². The average Bonchev–Trinajstić information content (AvgIpc) is 3.17. The van der Waals surface area contributed by atoms with Gasteiger partial charge in [0.1, 0.15) is 5.84 Å². The van der Waals surface area contributed by atoms with Crippen LogP contribution in [-0.4, -0.2) is 42.6 Å². The van der Waals surface area contributed by atoms with E-state index in [0.717, 1.165) is 50.3 Å². The minimum absolute atomic E-state index is 0.0663. The molecule has 0 bridgehead atoms. The van der Waals surface area contributed by atoms with Gasteiger partial charge in [0.05, 0.1) is 6.04 Å². The van der Waals surface area contributed by atoms with Crippen molar-refractivity contribution in [2.75, 3.05) is 25.1 Å². The lowest BCUT2D eigenvalue weighted by molar-refractivity contribution is 0.0871. The quantitative estimate of drug-likeness (QED) is 0.630. The first-order chi connectivity index (χ1) is 13.2. The highest BCUT2D eigenvalue weighted by Crippen LogP contribution is 2.24. The van der Waals surface area contributed by atoms with E-state index in [2.05, 4.69) is 21.8 Å². The zero-order valence-corrected chi connectivity index (χ0v) is 16.0. The standard InChI is InChI=1S/C20H24N4O2S/c21-19(22-17-6-10-26-11-7-17)14-1-3-16(4-2-14)23-20(25)24-9-5-18-15(13-24)8-12-27-18/h1-4,8,12,17H,5-7,9-11,13H2,(H2,21,22)(H,23,25). The molecule has 1 aromatic heterocycles. The van der Waals surface area contributed by atoms with Crippen molar-refractivity contribution in [3.05, 3.63) is 51.7 Å². The number of urea groups is 1. The molecule has 2 aliphatic heterocycles. The summed E-state index contributed by atoms with van der Waals surface area (Å²) < 4.78 is 5.35. The number of nitrogens with two attached hydrogens (primary N) is 1. The third-order valence-corrected chi connectivity index (χ3v) is 6.06. The highest BCUT2D eigenvalue weighted by molar-refractivity contribution is 7.10. The molecule has 3 heterocycles. The highest BCUT2D eigenvalue weighted by atomic mass is 32.1. The molecule has 6 nitrogen and oxygen atoms in total. The Bertz CT molecular complexity index is 825. The number of nitrogens with one attached hydrogen (secondary N) is 1. The lowest BCUT2D eigenvalue weighted by atomic mass is 10.1. The van der Waals surface area contributed by atoms with Crippen LogP contribution in [0.1, 0.15) is 28.8 Å². The minimum Gasteiger partial charge on any atom is -0.383 e. The number of rotatable bonds is 3. The summed E-state index contributed by atoms with van der Waals surface area (Å²) in [5.41, 5.74) is 9.04. The summed E-state index contributed by atoms with van der Waals surface area (Å²) >= 11 is 1.77. The van der Waals surface area contributed by atoms with Gasteiger partial charge in [0.2, 0.25) is 0 Å². The van der Waals surface area contributed by atoms with E-state index in [-0.39, 0.29) is 12.1 Å². The molecule has 3 N–H and O–H groups in total. The monoisotopic (exact) mass is 384 g/mol. The number of aliphatic imine (C=N–C) groups is 1. The number of amides is 2. The minimum atomic E-state index is -0.0663. The predicted octanol–water partition coefficient (Wildman–Crippen LogP) is 3.22. The molecule has 0 spiro atoms. The molecule has 0 radical (unpaired) electrons. The number of anilines is 1. The van der Waals surface area contributed by atoms with Gasteiger partial charge >= 0.3 is 6.03 Å². The van der Waals surface area contributed by atoms with Crippen LogP contribution in [0.15, 0.2) is 40.7 Å². The maximum Gasteiger partial charge on any atom is 0.322 e. The van der Waals surface area contributed by atoms with Crippen molar-refractivity contribution in [1.29, 1.82) is 0 Å². The number of nitrogens with zero attached hydrogens (tertiary/aromatic N) is 2. The number of thiophene rings is 1. The Morgan fingerprint density at radius 1 is 1.22 bits per heavy atom. The molecule has 27 heavy (non-hydrogen) atoms. The van der Waals surface area contributed by atoms with Gasteiger partial charge in [-0.1, -0.05) is 0 Å². The van der Waals surface area contributed by atoms with E-state index in [1.54, 1.807) is 11.3 Å². The fourth-order valence-corrected chi connectivity index (χ4v) is 4.32. The number of benzene rings is 1. The van der Waals surface area contributed by atoms with Crippen LogP contribution in [0.3, 0.4) is 0 Å². The molecular formula is C20H24N4O2S. The number of hydrogen-bond donors (Lipinski definition) is 2. The van der Waals surface area contributed by atoms with Crippen LogP contribution in [0.2, 0.25) is 0 Å². The second-order valence-corrected chi connectivity index (χ2v) is 7.91. The zero-order chi connectivity index (χ0) is 18.6. The first-order valence-electron chi connectivity index (χ1n) is 9.31. The molecule has 142 valence electrons. The number of hydrogen-bond acceptors (Lipinski definition) is 4. The molecule has 4 rings (SSSR count). The van der Waals surface area contributed by atoms with Crippen molar-refractivity contribution in [2.24, 2.45) is 10.7 Å². The molecule has 0 saturated carbocycles. The van der Waals surface area contributed by atoms with E-state index in [1.807, 2.05) is 29.2 Å². The molecule has 1 saturated heterocycles. The fraction of sp³-hybridized carbons (Fsp3) is 0.400. The first kappa shape index (κ1) is 18.0. The Hall–Kier alpha value is -2.38. The van der Waals surface area contributed by atoms with Crippen LogP contribution in [0, 0.1) is 0 Å². The maximum absolute atomic E-state index is 12.5. The van der Waals surface area contributed by atoms with Gasteiger partial charge in [-0.05, 0) is 60.5 Å². The van der Waals surface area contributed by atoms with Crippen molar-refractivity contribution in [2.45, 2.75) is 31.8 Å². The lowest BCUT2D eigenvalue weighted by Crippen LogP contribution is -2.38. The summed E-state index contributed by atoms with van der Waals surface area (Å²) in [7, 11) is 0. The van der Waals surface area contributed by atoms with Crippen molar-refractivity contribution >= 4 is 28.9 Å². The van der Waals surface area contributed by atoms with Crippen molar-refractivity contribution in [3.8, 4) is 0 Å². The third-order valence-electron chi connectivity index (χ3n) is 5.04. The van der Waals surface area contributed by atoms with E-state index >= 15 is 0 Å². The summed E-state index contributed by atoms with van der Waals surface area (Å²) in [5, 5.41) is 5.07. The van der Waals surface area contributed by atoms with Gasteiger partial charge in [0.25, 0.3) is 0 Å². The average molecular weight is 385 g/mol. The number of amidine groups is 1. The number of fused-ring (bicyclic) bond motifs is 1. The van der Waals surface area contributed by atoms with Crippen molar-refractivity contribution < 1.29 is 9.53 Å². The summed E-state index contributed by atoms with van der Waals surface area (Å²) in [6.45, 7) is 2.92. The summed E-state index contributed by atoms with van der Waals surface area (Å²) in [6, 6.07) is 9.83. The smallest absolute Gasteiger partial charge is 0.322 e. The van der Waals surface area contributed by atoms with E-state index < -0.39 is 0 Å². The van der Waals surface area contributed by atoms with Crippen molar-refractivity contribution in [3.63, 3.8) is 0 Å². The van der Waals surface area contributed by atoms with Gasteiger partial charge in [-0.25, -0.2) is 4.79 Å². The number of ether oxygens (including phenoxy) is 1. The summed E-state index contributed by atoms with van der Waals surface area (Å²) in [5.74, 6) is 0.542. The van der Waals surface area contributed by atoms with Gasteiger partial charge in [0.15, 0.2) is 0 Å². The molecule has 0 unspecified atom stereocenters. The van der Waals surface area contributed by atoms with Gasteiger partial charge in [-0.2, -0.15) is 0 Å². The molecule has 2 aliphatic rings. The van der Waals surface area contributed by atoms with Crippen LogP contribution in [0.25, 0.3) is 0 Å². The molecule has 0 aliphatic carbocycles. The Kier molecular flexibility index (Phi) is 5.40. The Labute approximate surface area is 163 Å². The normalized spacial score (nSPS) is 18.2. The molecule has 1 fully saturated rings. The SMILES string of the molecule is NC(=NC1CCOCC1)c1ccc(NC(=O)N2CCc3sccc3C2)cc1. The maximum atomic E-state index is 12.5. The Morgan fingerprint density at radius 2 is 2.00 bits per heavy atom. The van der Waals surface area contributed by atoms with E-state index in [1.165, 1.54) is 10.4 Å². The van der Waals surface area contributed by atoms with E-state index in [4.69, 9.17) is 10.5 Å². The summed E-state index contributed by atoms with van der Waals surface area (Å²) in [6.07, 6.45) is 2.76. The molecule has 0 atom stereocenters. The largest absolute Gasteiger partial charge is 0.383 e. The second-order valence-electron chi connectivity index (χ2n) is 6.91. The topological polar surface area (TPSA) is 80.0 Å². The van der Waals surface area contributed by atoms with Crippen LogP contribution in [0.5, 0.6) is 0 Å². The zero-order valence-electron chi connectivity index (χ0n) is 15.2. The van der Waals surface area contributed by atoms with Gasteiger partial charge < -0.3 is 20.7 Å². The summed E-state index contributed by atoms with van der Waals surface area (Å²) in [4.78, 5) is 20.4. The Morgan fingerprint density at radius 3 is 2.78 bits per heavy atom. The number of carbonyl (C=O) groups excluding carboxylic acids is 1. The number of carbonyl (C=O) groups is 1. The van der Waals surface area contributed by atoms with E-state index in [9.17, 15) is 4.79 Å². The predicted molar refractivity (Wildman–Crippen MR) is 108 cm³/mol. The lowest BCUT2D eigenvalue weighted by Gasteiger charge is -2.27. The van der Waals surface area contributed by atoms with Gasteiger partial charge in [-0.15, -0.1) is 11.3 Å². The highest BCUT2D eigenvalue weighted by Gasteiger charge is 2.21. The second kappa shape index (κ2) is 8.10. The Balaban J connectivity index is 1.36. The fourth-order valence-electron chi connectivity index (χ4n) is 3.43. The third kappa shape index (κ3) is 4.31. The molecule has 2 aromatic rings. The van der Waals surface area contributed by atoms with Crippen LogP contribution < -0.4 is 11.1 Å². The molecular weight excluding hydrogens is 360 g/mol. The first-order valence-corrected chi connectivity index (χ1v) is 10.2. The van der Waals surface area contributed by atoms with Gasteiger partial charge in [0, 0.05) is 42.4 Å².